The van der Waals surface area contributed by atoms with Crippen molar-refractivity contribution in [2.45, 2.75) is 37.5 Å². The van der Waals surface area contributed by atoms with Crippen molar-refractivity contribution >= 4 is 16.0 Å². The maximum atomic E-state index is 12.9. The fraction of sp³-hybridized carbons (Fsp3) is 0.412. The van der Waals surface area contributed by atoms with E-state index in [1.165, 1.54) is 0 Å². The van der Waals surface area contributed by atoms with E-state index in [2.05, 4.69) is 4.98 Å². The van der Waals surface area contributed by atoms with Gasteiger partial charge in [0.1, 0.15) is 0 Å². The number of sulfonamides is 1. The van der Waals surface area contributed by atoms with Crippen LogP contribution in [-0.4, -0.2) is 57.7 Å². The molecular weight excluding hydrogens is 472 g/mol. The number of fused-ring (bicyclic) bond motifs is 1. The van der Waals surface area contributed by atoms with E-state index in [1.54, 1.807) is 47.3 Å². The van der Waals surface area contributed by atoms with Gasteiger partial charge in [0.25, 0.3) is 0 Å². The Morgan fingerprint density at radius 2 is 1.78 bits per heavy atom. The number of halogens is 6. The van der Waals surface area contributed by atoms with Gasteiger partial charge in [-0.05, 0) is 24.3 Å². The summed E-state index contributed by atoms with van der Waals surface area (Å²) in [5.41, 5.74) is -4.25. The van der Waals surface area contributed by atoms with E-state index in [0.29, 0.717) is 15.7 Å². The Balaban J connectivity index is 0.000000451. The van der Waals surface area contributed by atoms with E-state index in [4.69, 9.17) is 14.6 Å². The number of carboxylic acid groups (broad SMARTS) is 1. The zero-order valence-electron chi connectivity index (χ0n) is 16.0. The molecule has 1 unspecified atom stereocenters. The molecule has 15 heteroatoms. The number of hydrogen-bond donors (Lipinski definition) is 1. The van der Waals surface area contributed by atoms with Crippen molar-refractivity contribution in [3.63, 3.8) is 0 Å². The number of rotatable bonds is 4. The van der Waals surface area contributed by atoms with E-state index in [-0.39, 0.29) is 26.2 Å². The van der Waals surface area contributed by atoms with Gasteiger partial charge in [0.05, 0.1) is 24.9 Å². The Bertz CT molecular complexity index is 1010. The van der Waals surface area contributed by atoms with Gasteiger partial charge in [0, 0.05) is 31.2 Å². The standard InChI is InChI=1S/C15H16F3N3O3S.C2HF3O2/c16-15(17,18)25(22,23)21-8-13-5-3-7-20(13)9-14(10-21)24-11-12-4-1-2-6-19-12;3-2(4,5)1(6)7/h1-7,14H,8-11H2;(H,6,7). The lowest BCUT2D eigenvalue weighted by Gasteiger charge is -2.24. The van der Waals surface area contributed by atoms with Crippen molar-refractivity contribution in [2.75, 3.05) is 6.54 Å². The maximum Gasteiger partial charge on any atom is 0.511 e. The molecule has 1 aliphatic rings. The zero-order chi connectivity index (χ0) is 24.2. The van der Waals surface area contributed by atoms with E-state index in [0.717, 1.165) is 0 Å². The number of ether oxygens (including phenoxy) is 1. The first-order valence-electron chi connectivity index (χ1n) is 8.74. The molecular formula is C17H17F6N3O5S. The quantitative estimate of drug-likeness (QED) is 0.663. The van der Waals surface area contributed by atoms with Crippen molar-refractivity contribution in [3.8, 4) is 0 Å². The largest absolute Gasteiger partial charge is 0.511 e. The van der Waals surface area contributed by atoms with Crippen LogP contribution in [0.3, 0.4) is 0 Å². The van der Waals surface area contributed by atoms with Gasteiger partial charge >= 0.3 is 27.7 Å². The summed E-state index contributed by atoms with van der Waals surface area (Å²) in [5.74, 6) is -2.76. The highest BCUT2D eigenvalue weighted by atomic mass is 32.2. The number of pyridine rings is 1. The van der Waals surface area contributed by atoms with Crippen LogP contribution in [0.5, 0.6) is 0 Å². The lowest BCUT2D eigenvalue weighted by atomic mass is 10.3. The number of alkyl halides is 6. The first-order valence-corrected chi connectivity index (χ1v) is 10.2. The number of hydrogen-bond acceptors (Lipinski definition) is 5. The van der Waals surface area contributed by atoms with Crippen LogP contribution in [0.25, 0.3) is 0 Å². The number of carbonyl (C=O) groups is 1. The summed E-state index contributed by atoms with van der Waals surface area (Å²) in [6, 6.07) is 8.49. The summed E-state index contributed by atoms with van der Waals surface area (Å²) in [6.45, 7) is -0.379. The number of aromatic nitrogens is 2. The highest BCUT2D eigenvalue weighted by Gasteiger charge is 2.51. The summed E-state index contributed by atoms with van der Waals surface area (Å²) < 4.78 is 102. The third kappa shape index (κ3) is 6.67. The SMILES string of the molecule is O=C(O)C(F)(F)F.O=S(=O)(N1Cc2cccn2CC(OCc2ccccn2)C1)C(F)(F)F. The minimum atomic E-state index is -5.43. The van der Waals surface area contributed by atoms with Crippen molar-refractivity contribution < 1.29 is 49.4 Å². The molecule has 0 saturated heterocycles. The fourth-order valence-electron chi connectivity index (χ4n) is 2.64. The summed E-state index contributed by atoms with van der Waals surface area (Å²) >= 11 is 0. The fourth-order valence-corrected chi connectivity index (χ4v) is 3.60. The predicted molar refractivity (Wildman–Crippen MR) is 96.3 cm³/mol. The van der Waals surface area contributed by atoms with Crippen LogP contribution >= 0.6 is 0 Å². The second kappa shape index (κ2) is 9.87. The average molecular weight is 489 g/mol. The van der Waals surface area contributed by atoms with Crippen LogP contribution < -0.4 is 0 Å². The Labute approximate surface area is 178 Å². The molecule has 0 radical (unpaired) electrons. The van der Waals surface area contributed by atoms with Crippen LogP contribution in [0.4, 0.5) is 26.3 Å². The molecule has 1 aliphatic heterocycles. The van der Waals surface area contributed by atoms with Gasteiger partial charge in [0.2, 0.25) is 0 Å². The summed E-state index contributed by atoms with van der Waals surface area (Å²) in [6.07, 6.45) is -2.54. The van der Waals surface area contributed by atoms with E-state index in [9.17, 15) is 34.8 Å². The average Bonchev–Trinajstić information content (AvgIpc) is 3.03. The Kier molecular flexibility index (Phi) is 7.90. The molecule has 0 fully saturated rings. The lowest BCUT2D eigenvalue weighted by molar-refractivity contribution is -0.192. The molecule has 32 heavy (non-hydrogen) atoms. The first-order chi connectivity index (χ1) is 14.7. The number of aliphatic carboxylic acids is 1. The van der Waals surface area contributed by atoms with E-state index < -0.39 is 33.8 Å². The molecule has 2 aromatic heterocycles. The topological polar surface area (TPSA) is 102 Å². The summed E-state index contributed by atoms with van der Waals surface area (Å²) in [7, 11) is -5.43. The Morgan fingerprint density at radius 1 is 1.12 bits per heavy atom. The molecule has 0 aliphatic carbocycles. The minimum absolute atomic E-state index is 0.0853. The van der Waals surface area contributed by atoms with Crippen LogP contribution in [-0.2, 0) is 39.3 Å². The van der Waals surface area contributed by atoms with Gasteiger partial charge in [-0.25, -0.2) is 13.2 Å². The van der Waals surface area contributed by atoms with Gasteiger partial charge in [0.15, 0.2) is 0 Å². The molecule has 0 spiro atoms. The van der Waals surface area contributed by atoms with Crippen molar-refractivity contribution in [3.05, 3.63) is 54.1 Å². The lowest BCUT2D eigenvalue weighted by Crippen LogP contribution is -2.43. The normalized spacial score (nSPS) is 17.6. The summed E-state index contributed by atoms with van der Waals surface area (Å²) in [5, 5.41) is 7.12. The van der Waals surface area contributed by atoms with Gasteiger partial charge < -0.3 is 14.4 Å². The zero-order valence-corrected chi connectivity index (χ0v) is 16.9. The van der Waals surface area contributed by atoms with Gasteiger partial charge in [-0.15, -0.1) is 0 Å². The smallest absolute Gasteiger partial charge is 0.475 e. The van der Waals surface area contributed by atoms with Crippen LogP contribution in [0.1, 0.15) is 11.4 Å². The maximum absolute atomic E-state index is 12.9. The molecule has 0 saturated carbocycles. The van der Waals surface area contributed by atoms with E-state index in [1.807, 2.05) is 0 Å². The molecule has 3 rings (SSSR count). The van der Waals surface area contributed by atoms with E-state index >= 15 is 0 Å². The molecule has 0 aromatic carbocycles. The third-order valence-corrected chi connectivity index (χ3v) is 5.68. The molecule has 178 valence electrons. The predicted octanol–water partition coefficient (Wildman–Crippen LogP) is 2.77. The van der Waals surface area contributed by atoms with Gasteiger partial charge in [-0.3, -0.25) is 4.98 Å². The summed E-state index contributed by atoms with van der Waals surface area (Å²) in [4.78, 5) is 13.0. The Hall–Kier alpha value is -2.65. The molecule has 8 nitrogen and oxygen atoms in total. The van der Waals surface area contributed by atoms with Crippen molar-refractivity contribution in [1.82, 2.24) is 13.9 Å². The third-order valence-electron chi connectivity index (χ3n) is 4.14. The first kappa shape index (κ1) is 25.6. The van der Waals surface area contributed by atoms with Crippen LogP contribution in [0, 0.1) is 0 Å². The minimum Gasteiger partial charge on any atom is -0.475 e. The van der Waals surface area contributed by atoms with Crippen LogP contribution in [0.15, 0.2) is 42.7 Å². The second-order valence-electron chi connectivity index (χ2n) is 6.45. The van der Waals surface area contributed by atoms with Crippen molar-refractivity contribution in [1.29, 1.82) is 0 Å². The van der Waals surface area contributed by atoms with Crippen molar-refractivity contribution in [2.24, 2.45) is 0 Å². The highest BCUT2D eigenvalue weighted by molar-refractivity contribution is 7.89. The Morgan fingerprint density at radius 3 is 2.31 bits per heavy atom. The highest BCUT2D eigenvalue weighted by Crippen LogP contribution is 2.30. The molecule has 2 aromatic rings. The van der Waals surface area contributed by atoms with Crippen LogP contribution in [0.2, 0.25) is 0 Å². The molecule has 0 bridgehead atoms. The molecule has 1 N–H and O–H groups in total. The molecule has 3 heterocycles. The number of carboxylic acids is 1. The van der Waals surface area contributed by atoms with Gasteiger partial charge in [-0.2, -0.15) is 30.6 Å². The molecule has 1 atom stereocenters. The molecule has 0 amide bonds. The van der Waals surface area contributed by atoms with Gasteiger partial charge in [-0.1, -0.05) is 6.07 Å². The monoisotopic (exact) mass is 489 g/mol. The second-order valence-corrected chi connectivity index (χ2v) is 8.38. The number of nitrogens with zero attached hydrogens (tertiary/aromatic N) is 3.